The summed E-state index contributed by atoms with van der Waals surface area (Å²) in [6.45, 7) is 3.41. The van der Waals surface area contributed by atoms with Gasteiger partial charge in [-0.05, 0) is 5.56 Å². The van der Waals surface area contributed by atoms with Gasteiger partial charge in [0.05, 0.1) is 6.61 Å². The van der Waals surface area contributed by atoms with Gasteiger partial charge in [-0.2, -0.15) is 0 Å². The van der Waals surface area contributed by atoms with Gasteiger partial charge in [0.1, 0.15) is 6.10 Å². The molecular weight excluding hydrogens is 386 g/mol. The van der Waals surface area contributed by atoms with Crippen LogP contribution in [0.3, 0.4) is 0 Å². The third kappa shape index (κ3) is 6.26. The summed E-state index contributed by atoms with van der Waals surface area (Å²) >= 11 is 0. The van der Waals surface area contributed by atoms with E-state index in [2.05, 4.69) is 0 Å². The van der Waals surface area contributed by atoms with Crippen molar-refractivity contribution in [2.45, 2.75) is 58.1 Å². The van der Waals surface area contributed by atoms with Crippen molar-refractivity contribution in [3.05, 3.63) is 35.9 Å². The second-order valence-corrected chi connectivity index (χ2v) is 6.35. The number of ether oxygens (including phenoxy) is 5. The molecule has 5 atom stereocenters. The third-order valence-corrected chi connectivity index (χ3v) is 3.95. The highest BCUT2D eigenvalue weighted by Gasteiger charge is 2.54. The van der Waals surface area contributed by atoms with E-state index in [-0.39, 0.29) is 6.61 Å². The molecule has 1 aromatic rings. The molecule has 1 fully saturated rings. The van der Waals surface area contributed by atoms with Crippen LogP contribution in [-0.2, 0) is 49.5 Å². The van der Waals surface area contributed by atoms with Crippen molar-refractivity contribution in [2.75, 3.05) is 0 Å². The van der Waals surface area contributed by atoms with Crippen molar-refractivity contribution in [3.8, 4) is 0 Å². The van der Waals surface area contributed by atoms with E-state index in [4.69, 9.17) is 29.4 Å². The van der Waals surface area contributed by atoms with Gasteiger partial charge in [0.25, 0.3) is 5.91 Å². The highest BCUT2D eigenvalue weighted by atomic mass is 16.7. The summed E-state index contributed by atoms with van der Waals surface area (Å²) < 4.78 is 26.8. The Morgan fingerprint density at radius 2 is 1.41 bits per heavy atom. The van der Waals surface area contributed by atoms with E-state index in [0.29, 0.717) is 0 Å². The van der Waals surface area contributed by atoms with Gasteiger partial charge in [0, 0.05) is 20.8 Å². The van der Waals surface area contributed by atoms with Gasteiger partial charge < -0.3 is 29.4 Å². The largest absolute Gasteiger partial charge is 0.456 e. The first kappa shape index (κ1) is 22.3. The third-order valence-electron chi connectivity index (χ3n) is 3.95. The Labute approximate surface area is 167 Å². The van der Waals surface area contributed by atoms with Crippen LogP contribution in [0.4, 0.5) is 0 Å². The van der Waals surface area contributed by atoms with E-state index in [1.165, 1.54) is 0 Å². The van der Waals surface area contributed by atoms with Crippen molar-refractivity contribution >= 4 is 23.8 Å². The minimum atomic E-state index is -1.49. The normalized spacial score (nSPS) is 26.2. The quantitative estimate of drug-likeness (QED) is 0.494. The van der Waals surface area contributed by atoms with Gasteiger partial charge in [-0.15, -0.1) is 0 Å². The van der Waals surface area contributed by atoms with Crippen LogP contribution >= 0.6 is 0 Å². The van der Waals surface area contributed by atoms with Crippen LogP contribution in [0.2, 0.25) is 0 Å². The number of benzene rings is 1. The van der Waals surface area contributed by atoms with Crippen LogP contribution in [0, 0.1) is 0 Å². The minimum absolute atomic E-state index is 0.0271. The van der Waals surface area contributed by atoms with Crippen LogP contribution < -0.4 is 5.73 Å². The Balaban J connectivity index is 2.40. The van der Waals surface area contributed by atoms with E-state index in [1.54, 1.807) is 24.3 Å². The smallest absolute Gasteiger partial charge is 0.305 e. The van der Waals surface area contributed by atoms with Gasteiger partial charge in [-0.1, -0.05) is 30.3 Å². The molecule has 1 saturated heterocycles. The van der Waals surface area contributed by atoms with E-state index < -0.39 is 54.5 Å². The molecule has 0 saturated carbocycles. The number of hydrogen-bond donors (Lipinski definition) is 1. The Morgan fingerprint density at radius 1 is 0.862 bits per heavy atom. The number of carbonyl (C=O) groups excluding carboxylic acids is 4. The fourth-order valence-electron chi connectivity index (χ4n) is 2.89. The number of rotatable bonds is 7. The average Bonchev–Trinajstić information content (AvgIpc) is 2.62. The molecular formula is C19H23NO9. The molecule has 10 nitrogen and oxygen atoms in total. The van der Waals surface area contributed by atoms with E-state index in [0.717, 1.165) is 26.3 Å². The van der Waals surface area contributed by atoms with Crippen molar-refractivity contribution in [1.29, 1.82) is 0 Å². The fourth-order valence-corrected chi connectivity index (χ4v) is 2.89. The zero-order chi connectivity index (χ0) is 21.6. The first-order valence-corrected chi connectivity index (χ1v) is 8.81. The topological polar surface area (TPSA) is 140 Å². The number of carbonyl (C=O) groups is 4. The van der Waals surface area contributed by atoms with Crippen molar-refractivity contribution in [2.24, 2.45) is 5.73 Å². The summed E-state index contributed by atoms with van der Waals surface area (Å²) in [6, 6.07) is 8.99. The standard InChI is InChI=1S/C19H23NO9/c1-10(21)26-15-14(25-9-13-7-5-4-6-8-13)17(27-11(2)22)19(28-12(3)23)29-16(15)18(20)24/h4-8,14-17,19H,9H2,1-3H3,(H2,20,24)/t14-,15+,16?,17?,19+/m1/s1. The molecule has 158 valence electrons. The number of hydrogen-bond acceptors (Lipinski definition) is 9. The van der Waals surface area contributed by atoms with Gasteiger partial charge in [-0.3, -0.25) is 19.2 Å². The van der Waals surface area contributed by atoms with Crippen LogP contribution in [0.15, 0.2) is 30.3 Å². The summed E-state index contributed by atoms with van der Waals surface area (Å²) in [5.74, 6) is -3.17. The molecule has 2 N–H and O–H groups in total. The molecule has 1 heterocycles. The molecule has 1 aromatic carbocycles. The lowest BCUT2D eigenvalue weighted by atomic mass is 9.97. The fraction of sp³-hybridized carbons (Fsp3) is 0.474. The molecule has 29 heavy (non-hydrogen) atoms. The summed E-state index contributed by atoms with van der Waals surface area (Å²) in [6.07, 6.45) is -6.80. The molecule has 0 spiro atoms. The summed E-state index contributed by atoms with van der Waals surface area (Å²) in [5, 5.41) is 0. The van der Waals surface area contributed by atoms with Crippen LogP contribution in [0.25, 0.3) is 0 Å². The number of amides is 1. The Bertz CT molecular complexity index is 751. The molecule has 1 amide bonds. The highest BCUT2D eigenvalue weighted by Crippen LogP contribution is 2.30. The molecule has 10 heteroatoms. The summed E-state index contributed by atoms with van der Waals surface area (Å²) in [7, 11) is 0. The van der Waals surface area contributed by atoms with E-state index >= 15 is 0 Å². The Kier molecular flexibility index (Phi) is 7.68. The van der Waals surface area contributed by atoms with Gasteiger partial charge in [0.2, 0.25) is 6.29 Å². The summed E-state index contributed by atoms with van der Waals surface area (Å²) in [4.78, 5) is 46.7. The molecule has 0 aromatic heterocycles. The second kappa shape index (κ2) is 9.99. The predicted molar refractivity (Wildman–Crippen MR) is 95.7 cm³/mol. The first-order valence-electron chi connectivity index (χ1n) is 8.81. The van der Waals surface area contributed by atoms with Crippen LogP contribution in [-0.4, -0.2) is 54.5 Å². The molecule has 1 aliphatic rings. The zero-order valence-corrected chi connectivity index (χ0v) is 16.2. The van der Waals surface area contributed by atoms with Crippen molar-refractivity contribution in [3.63, 3.8) is 0 Å². The lowest BCUT2D eigenvalue weighted by Gasteiger charge is -2.43. The van der Waals surface area contributed by atoms with Crippen molar-refractivity contribution < 1.29 is 42.9 Å². The number of nitrogens with two attached hydrogens (primary N) is 1. The highest BCUT2D eigenvalue weighted by molar-refractivity contribution is 5.80. The Hall–Kier alpha value is -2.98. The van der Waals surface area contributed by atoms with Crippen LogP contribution in [0.5, 0.6) is 0 Å². The second-order valence-electron chi connectivity index (χ2n) is 6.35. The number of esters is 3. The van der Waals surface area contributed by atoms with Gasteiger partial charge in [-0.25, -0.2) is 0 Å². The molecule has 2 rings (SSSR count). The van der Waals surface area contributed by atoms with E-state index in [9.17, 15) is 19.2 Å². The lowest BCUT2D eigenvalue weighted by Crippen LogP contribution is -2.64. The number of primary amides is 1. The van der Waals surface area contributed by atoms with Gasteiger partial charge in [0.15, 0.2) is 18.3 Å². The maximum absolute atomic E-state index is 11.9. The lowest BCUT2D eigenvalue weighted by molar-refractivity contribution is -0.295. The Morgan fingerprint density at radius 3 is 1.93 bits per heavy atom. The maximum atomic E-state index is 11.9. The molecule has 0 aliphatic carbocycles. The maximum Gasteiger partial charge on any atom is 0.305 e. The summed E-state index contributed by atoms with van der Waals surface area (Å²) in [5.41, 5.74) is 6.15. The predicted octanol–water partition coefficient (Wildman–Crippen LogP) is 0.209. The van der Waals surface area contributed by atoms with Crippen LogP contribution in [0.1, 0.15) is 26.3 Å². The zero-order valence-electron chi connectivity index (χ0n) is 16.2. The first-order chi connectivity index (χ1) is 13.7. The van der Waals surface area contributed by atoms with E-state index in [1.807, 2.05) is 6.07 Å². The SMILES string of the molecule is CC(=O)OC1[C@@H](OC(C)=O)OC(C(N)=O)[C@@H](OC(C)=O)[C@H]1OCc1ccccc1. The van der Waals surface area contributed by atoms with Gasteiger partial charge >= 0.3 is 17.9 Å². The molecule has 0 bridgehead atoms. The average molecular weight is 409 g/mol. The molecule has 2 unspecified atom stereocenters. The monoisotopic (exact) mass is 409 g/mol. The molecule has 0 radical (unpaired) electrons. The minimum Gasteiger partial charge on any atom is -0.456 e. The van der Waals surface area contributed by atoms with Crippen molar-refractivity contribution in [1.82, 2.24) is 0 Å². The molecule has 1 aliphatic heterocycles.